The fourth-order valence-electron chi connectivity index (χ4n) is 2.24. The van der Waals surface area contributed by atoms with Crippen molar-refractivity contribution in [3.8, 4) is 0 Å². The van der Waals surface area contributed by atoms with Crippen LogP contribution in [0.15, 0.2) is 34.8 Å². The minimum absolute atomic E-state index is 0.176. The number of rotatable bonds is 3. The van der Waals surface area contributed by atoms with Crippen LogP contribution in [-0.4, -0.2) is 5.11 Å². The van der Waals surface area contributed by atoms with Gasteiger partial charge in [0.05, 0.1) is 6.10 Å². The van der Waals surface area contributed by atoms with Gasteiger partial charge in [0.15, 0.2) is 0 Å². The molecule has 0 heterocycles. The zero-order valence-electron chi connectivity index (χ0n) is 11.3. The minimum Gasteiger partial charge on any atom is -0.388 e. The quantitative estimate of drug-likeness (QED) is 0.864. The molecule has 0 aromatic heterocycles. The van der Waals surface area contributed by atoms with Crippen molar-refractivity contribution in [3.05, 3.63) is 68.7 Å². The van der Waals surface area contributed by atoms with Gasteiger partial charge in [-0.1, -0.05) is 28.1 Å². The van der Waals surface area contributed by atoms with E-state index in [0.29, 0.717) is 5.56 Å². The van der Waals surface area contributed by atoms with Crippen LogP contribution in [-0.2, 0) is 6.42 Å². The summed E-state index contributed by atoms with van der Waals surface area (Å²) in [5.41, 5.74) is 3.22. The maximum Gasteiger partial charge on any atom is 0.126 e. The molecular formula is C16H15BrF2O. The van der Waals surface area contributed by atoms with E-state index in [1.54, 1.807) is 0 Å². The molecule has 0 saturated carbocycles. The Balaban J connectivity index is 2.25. The number of halogens is 3. The lowest BCUT2D eigenvalue weighted by molar-refractivity contribution is 0.178. The first-order valence-corrected chi connectivity index (χ1v) is 7.06. The van der Waals surface area contributed by atoms with Gasteiger partial charge in [0.1, 0.15) is 11.6 Å². The number of aryl methyl sites for hydroxylation is 2. The van der Waals surface area contributed by atoms with E-state index in [-0.39, 0.29) is 6.42 Å². The molecule has 1 unspecified atom stereocenters. The third-order valence-electron chi connectivity index (χ3n) is 3.19. The lowest BCUT2D eigenvalue weighted by atomic mass is 9.98. The molecule has 1 atom stereocenters. The average molecular weight is 341 g/mol. The van der Waals surface area contributed by atoms with Crippen LogP contribution in [0.3, 0.4) is 0 Å². The molecule has 106 valence electrons. The van der Waals surface area contributed by atoms with Crippen molar-refractivity contribution in [3.63, 3.8) is 0 Å². The molecule has 2 aromatic rings. The van der Waals surface area contributed by atoms with Crippen LogP contribution in [0.2, 0.25) is 0 Å². The highest BCUT2D eigenvalue weighted by Crippen LogP contribution is 2.27. The largest absolute Gasteiger partial charge is 0.388 e. The van der Waals surface area contributed by atoms with Crippen molar-refractivity contribution in [2.45, 2.75) is 26.4 Å². The average Bonchev–Trinajstić information content (AvgIpc) is 2.33. The van der Waals surface area contributed by atoms with Gasteiger partial charge in [-0.2, -0.15) is 0 Å². The van der Waals surface area contributed by atoms with Crippen molar-refractivity contribution < 1.29 is 13.9 Å². The van der Waals surface area contributed by atoms with Gasteiger partial charge < -0.3 is 5.11 Å². The molecule has 20 heavy (non-hydrogen) atoms. The number of aliphatic hydroxyl groups excluding tert-OH is 1. The number of aliphatic hydroxyl groups is 1. The number of hydrogen-bond donors (Lipinski definition) is 1. The summed E-state index contributed by atoms with van der Waals surface area (Å²) >= 11 is 3.47. The van der Waals surface area contributed by atoms with Crippen LogP contribution in [0, 0.1) is 25.5 Å². The van der Waals surface area contributed by atoms with Crippen LogP contribution in [0.25, 0.3) is 0 Å². The van der Waals surface area contributed by atoms with Gasteiger partial charge >= 0.3 is 0 Å². The molecule has 0 spiro atoms. The van der Waals surface area contributed by atoms with E-state index >= 15 is 0 Å². The van der Waals surface area contributed by atoms with Gasteiger partial charge in [0.2, 0.25) is 0 Å². The third-order valence-corrected chi connectivity index (χ3v) is 4.45. The second-order valence-electron chi connectivity index (χ2n) is 4.97. The zero-order valence-corrected chi connectivity index (χ0v) is 12.8. The monoisotopic (exact) mass is 340 g/mol. The zero-order chi connectivity index (χ0) is 14.9. The Kier molecular flexibility index (Phi) is 4.55. The van der Waals surface area contributed by atoms with Crippen LogP contribution in [0.1, 0.15) is 28.4 Å². The van der Waals surface area contributed by atoms with Gasteiger partial charge in [0.25, 0.3) is 0 Å². The molecule has 2 aromatic carbocycles. The first-order chi connectivity index (χ1) is 9.36. The van der Waals surface area contributed by atoms with E-state index in [0.717, 1.165) is 27.2 Å². The molecule has 0 aliphatic carbocycles. The van der Waals surface area contributed by atoms with Crippen LogP contribution in [0.4, 0.5) is 8.78 Å². The van der Waals surface area contributed by atoms with Gasteiger partial charge in [-0.15, -0.1) is 0 Å². The highest BCUT2D eigenvalue weighted by Gasteiger charge is 2.13. The molecule has 0 aliphatic rings. The second kappa shape index (κ2) is 6.02. The molecule has 2 rings (SSSR count). The van der Waals surface area contributed by atoms with E-state index < -0.39 is 17.7 Å². The summed E-state index contributed by atoms with van der Waals surface area (Å²) in [6.07, 6.45) is -0.614. The molecule has 1 N–H and O–H groups in total. The van der Waals surface area contributed by atoms with E-state index in [9.17, 15) is 13.9 Å². The standard InChI is InChI=1S/C16H15BrF2O/c1-9-3-12(4-10(2)16(9)17)15(20)7-11-5-13(18)8-14(19)6-11/h3-6,8,15,20H,7H2,1-2H3. The van der Waals surface area contributed by atoms with Crippen molar-refractivity contribution in [2.75, 3.05) is 0 Å². The Bertz CT molecular complexity index is 597. The third kappa shape index (κ3) is 3.44. The number of hydrogen-bond acceptors (Lipinski definition) is 1. The van der Waals surface area contributed by atoms with Gasteiger partial charge in [-0.05, 0) is 48.2 Å². The van der Waals surface area contributed by atoms with Gasteiger partial charge in [0, 0.05) is 17.0 Å². The van der Waals surface area contributed by atoms with Gasteiger partial charge in [-0.3, -0.25) is 0 Å². The van der Waals surface area contributed by atoms with E-state index in [4.69, 9.17) is 0 Å². The molecule has 0 saturated heterocycles. The summed E-state index contributed by atoms with van der Waals surface area (Å²) in [7, 11) is 0. The summed E-state index contributed by atoms with van der Waals surface area (Å²) in [5, 5.41) is 10.2. The molecule has 0 radical (unpaired) electrons. The van der Waals surface area contributed by atoms with E-state index in [2.05, 4.69) is 15.9 Å². The Morgan fingerprint density at radius 2 is 1.50 bits per heavy atom. The van der Waals surface area contributed by atoms with Gasteiger partial charge in [-0.25, -0.2) is 8.78 Å². The molecule has 0 aliphatic heterocycles. The van der Waals surface area contributed by atoms with E-state index in [1.807, 2.05) is 26.0 Å². The van der Waals surface area contributed by atoms with Crippen molar-refractivity contribution in [2.24, 2.45) is 0 Å². The van der Waals surface area contributed by atoms with Crippen molar-refractivity contribution in [1.82, 2.24) is 0 Å². The predicted octanol–water partition coefficient (Wildman–Crippen LogP) is 4.62. The van der Waals surface area contributed by atoms with Crippen LogP contribution >= 0.6 is 15.9 Å². The fourth-order valence-corrected chi connectivity index (χ4v) is 2.47. The summed E-state index contributed by atoms with van der Waals surface area (Å²) in [6.45, 7) is 3.88. The molecular weight excluding hydrogens is 326 g/mol. The second-order valence-corrected chi connectivity index (χ2v) is 5.76. The fraction of sp³-hybridized carbons (Fsp3) is 0.250. The Morgan fingerprint density at radius 1 is 1.00 bits per heavy atom. The first kappa shape index (κ1) is 15.1. The van der Waals surface area contributed by atoms with Crippen LogP contribution < -0.4 is 0 Å². The topological polar surface area (TPSA) is 20.2 Å². The Morgan fingerprint density at radius 3 is 2.00 bits per heavy atom. The molecule has 0 bridgehead atoms. The Labute approximate surface area is 125 Å². The maximum absolute atomic E-state index is 13.1. The minimum atomic E-state index is -0.790. The van der Waals surface area contributed by atoms with E-state index in [1.165, 1.54) is 12.1 Å². The lowest BCUT2D eigenvalue weighted by Crippen LogP contribution is -2.04. The molecule has 0 amide bonds. The SMILES string of the molecule is Cc1cc(C(O)Cc2cc(F)cc(F)c2)cc(C)c1Br. The normalized spacial score (nSPS) is 12.5. The highest BCUT2D eigenvalue weighted by atomic mass is 79.9. The van der Waals surface area contributed by atoms with Crippen LogP contribution in [0.5, 0.6) is 0 Å². The smallest absolute Gasteiger partial charge is 0.126 e. The molecule has 4 heteroatoms. The summed E-state index contributed by atoms with van der Waals surface area (Å²) < 4.78 is 27.3. The first-order valence-electron chi connectivity index (χ1n) is 6.26. The lowest BCUT2D eigenvalue weighted by Gasteiger charge is -2.14. The molecule has 1 nitrogen and oxygen atoms in total. The summed E-state index contributed by atoms with van der Waals surface area (Å²) in [5.74, 6) is -1.26. The predicted molar refractivity (Wildman–Crippen MR) is 78.6 cm³/mol. The van der Waals surface area contributed by atoms with Crippen molar-refractivity contribution >= 4 is 15.9 Å². The van der Waals surface area contributed by atoms with Crippen molar-refractivity contribution in [1.29, 1.82) is 0 Å². The number of benzene rings is 2. The summed E-state index contributed by atoms with van der Waals surface area (Å²) in [6, 6.07) is 7.05. The summed E-state index contributed by atoms with van der Waals surface area (Å²) in [4.78, 5) is 0. The highest BCUT2D eigenvalue weighted by molar-refractivity contribution is 9.10. The molecule has 0 fully saturated rings. The Hall–Kier alpha value is -1.26. The maximum atomic E-state index is 13.1.